The molecule has 0 amide bonds. The minimum atomic E-state index is 0.129. The summed E-state index contributed by atoms with van der Waals surface area (Å²) in [5.41, 5.74) is 2.85. The van der Waals surface area contributed by atoms with Gasteiger partial charge in [0.25, 0.3) is 0 Å². The number of hydrogen-bond donors (Lipinski definition) is 1. The van der Waals surface area contributed by atoms with Crippen molar-refractivity contribution in [1.29, 1.82) is 0 Å². The summed E-state index contributed by atoms with van der Waals surface area (Å²) in [6, 6.07) is 7.30. The summed E-state index contributed by atoms with van der Waals surface area (Å²) in [4.78, 5) is 0. The first-order chi connectivity index (χ1) is 8.50. The van der Waals surface area contributed by atoms with Crippen molar-refractivity contribution in [2.75, 3.05) is 13.7 Å². The van der Waals surface area contributed by atoms with Crippen LogP contribution in [0.3, 0.4) is 0 Å². The van der Waals surface area contributed by atoms with Crippen molar-refractivity contribution in [3.05, 3.63) is 29.3 Å². The molecule has 0 aliphatic carbocycles. The molecule has 18 heavy (non-hydrogen) atoms. The van der Waals surface area contributed by atoms with Crippen LogP contribution in [-0.2, 0) is 11.8 Å². The predicted octanol–water partition coefficient (Wildman–Crippen LogP) is 3.29. The molecule has 2 rings (SSSR count). The first-order valence-electron chi connectivity index (χ1n) is 6.91. The monoisotopic (exact) mass is 247 g/mol. The summed E-state index contributed by atoms with van der Waals surface area (Å²) >= 11 is 0. The Morgan fingerprint density at radius 2 is 2.11 bits per heavy atom. The number of nitrogens with one attached hydrogen (secondary N) is 1. The first-order valence-corrected chi connectivity index (χ1v) is 6.91. The number of benzene rings is 1. The second kappa shape index (κ2) is 5.31. The molecule has 1 atom stereocenters. The summed E-state index contributed by atoms with van der Waals surface area (Å²) < 4.78 is 5.48. The maximum absolute atomic E-state index is 5.48. The van der Waals surface area contributed by atoms with Crippen molar-refractivity contribution in [2.24, 2.45) is 0 Å². The zero-order chi connectivity index (χ0) is 13.2. The Morgan fingerprint density at radius 1 is 1.33 bits per heavy atom. The van der Waals surface area contributed by atoms with Crippen LogP contribution in [0.5, 0.6) is 5.75 Å². The average molecular weight is 247 g/mol. The molecule has 1 aromatic carbocycles. The number of hydrogen-bond acceptors (Lipinski definition) is 2. The Bertz CT molecular complexity index is 400. The minimum Gasteiger partial charge on any atom is -0.496 e. The quantitative estimate of drug-likeness (QED) is 0.885. The van der Waals surface area contributed by atoms with Crippen LogP contribution >= 0.6 is 0 Å². The molecule has 0 aromatic heterocycles. The fourth-order valence-corrected chi connectivity index (χ4v) is 2.68. The summed E-state index contributed by atoms with van der Waals surface area (Å²) in [7, 11) is 1.75. The molecule has 1 aliphatic heterocycles. The van der Waals surface area contributed by atoms with Crippen LogP contribution in [0.2, 0.25) is 0 Å². The summed E-state index contributed by atoms with van der Waals surface area (Å²) in [6.45, 7) is 7.89. The van der Waals surface area contributed by atoms with Crippen molar-refractivity contribution in [1.82, 2.24) is 5.32 Å². The molecule has 1 aliphatic rings. The predicted molar refractivity (Wildman–Crippen MR) is 76.4 cm³/mol. The lowest BCUT2D eigenvalue weighted by atomic mass is 9.84. The van der Waals surface area contributed by atoms with E-state index in [4.69, 9.17) is 4.74 Å². The van der Waals surface area contributed by atoms with E-state index in [0.29, 0.717) is 6.04 Å². The first kappa shape index (κ1) is 13.4. The summed E-state index contributed by atoms with van der Waals surface area (Å²) in [5, 5.41) is 3.56. The van der Waals surface area contributed by atoms with Crippen molar-refractivity contribution in [3.63, 3.8) is 0 Å². The van der Waals surface area contributed by atoms with Crippen LogP contribution < -0.4 is 10.1 Å². The lowest BCUT2D eigenvalue weighted by molar-refractivity contribution is 0.397. The molecular formula is C16H25NO. The molecule has 1 N–H and O–H groups in total. The zero-order valence-electron chi connectivity index (χ0n) is 12.0. The molecule has 0 radical (unpaired) electrons. The van der Waals surface area contributed by atoms with Crippen LogP contribution in [-0.4, -0.2) is 19.7 Å². The lowest BCUT2D eigenvalue weighted by Gasteiger charge is -2.23. The smallest absolute Gasteiger partial charge is 0.122 e. The normalized spacial score (nSPS) is 20.1. The van der Waals surface area contributed by atoms with E-state index in [1.165, 1.54) is 30.5 Å². The second-order valence-corrected chi connectivity index (χ2v) is 6.28. The molecule has 2 nitrogen and oxygen atoms in total. The topological polar surface area (TPSA) is 21.3 Å². The van der Waals surface area contributed by atoms with Gasteiger partial charge in [-0.1, -0.05) is 32.9 Å². The van der Waals surface area contributed by atoms with Crippen molar-refractivity contribution >= 4 is 0 Å². The van der Waals surface area contributed by atoms with Gasteiger partial charge in [0.2, 0.25) is 0 Å². The highest BCUT2D eigenvalue weighted by Gasteiger charge is 2.20. The number of rotatable bonds is 3. The third kappa shape index (κ3) is 3.05. The van der Waals surface area contributed by atoms with E-state index in [0.717, 1.165) is 12.2 Å². The Balaban J connectivity index is 2.22. The van der Waals surface area contributed by atoms with Gasteiger partial charge >= 0.3 is 0 Å². The molecule has 100 valence electrons. The van der Waals surface area contributed by atoms with Gasteiger partial charge in [0.15, 0.2) is 0 Å². The molecule has 0 bridgehead atoms. The second-order valence-electron chi connectivity index (χ2n) is 6.28. The highest BCUT2D eigenvalue weighted by molar-refractivity contribution is 5.41. The van der Waals surface area contributed by atoms with Gasteiger partial charge in [-0.05, 0) is 48.4 Å². The highest BCUT2D eigenvalue weighted by Crippen LogP contribution is 2.32. The molecule has 0 spiro atoms. The Hall–Kier alpha value is -1.02. The van der Waals surface area contributed by atoms with Crippen molar-refractivity contribution in [3.8, 4) is 5.75 Å². The van der Waals surface area contributed by atoms with Crippen LogP contribution in [0.4, 0.5) is 0 Å². The van der Waals surface area contributed by atoms with Crippen LogP contribution in [0.25, 0.3) is 0 Å². The Kier molecular flexibility index (Phi) is 3.96. The SMILES string of the molecule is COc1ccc(CC2CCCN2)cc1C(C)(C)C. The van der Waals surface area contributed by atoms with E-state index < -0.39 is 0 Å². The fourth-order valence-electron chi connectivity index (χ4n) is 2.68. The van der Waals surface area contributed by atoms with Gasteiger partial charge in [-0.15, -0.1) is 0 Å². The number of ether oxygens (including phenoxy) is 1. The third-order valence-electron chi connectivity index (χ3n) is 3.72. The summed E-state index contributed by atoms with van der Waals surface area (Å²) in [5.74, 6) is 1.01. The maximum atomic E-state index is 5.48. The van der Waals surface area contributed by atoms with Crippen LogP contribution in [0.1, 0.15) is 44.7 Å². The molecule has 1 heterocycles. The molecule has 0 saturated carbocycles. The average Bonchev–Trinajstić information content (AvgIpc) is 2.80. The standard InChI is InChI=1S/C16H25NO/c1-16(2,3)14-11-12(7-8-15(14)18-4)10-13-6-5-9-17-13/h7-8,11,13,17H,5-6,9-10H2,1-4H3. The zero-order valence-corrected chi connectivity index (χ0v) is 12.0. The van der Waals surface area contributed by atoms with Crippen molar-refractivity contribution < 1.29 is 4.74 Å². The van der Waals surface area contributed by atoms with E-state index in [1.807, 2.05) is 0 Å². The van der Waals surface area contributed by atoms with Crippen molar-refractivity contribution in [2.45, 2.75) is 51.5 Å². The molecule has 2 heteroatoms. The minimum absolute atomic E-state index is 0.129. The highest BCUT2D eigenvalue weighted by atomic mass is 16.5. The maximum Gasteiger partial charge on any atom is 0.122 e. The van der Waals surface area contributed by atoms with Gasteiger partial charge in [-0.25, -0.2) is 0 Å². The van der Waals surface area contributed by atoms with E-state index in [2.05, 4.69) is 44.3 Å². The molecule has 1 unspecified atom stereocenters. The van der Waals surface area contributed by atoms with Gasteiger partial charge in [0.1, 0.15) is 5.75 Å². The Morgan fingerprint density at radius 3 is 2.67 bits per heavy atom. The lowest BCUT2D eigenvalue weighted by Crippen LogP contribution is -2.24. The fraction of sp³-hybridized carbons (Fsp3) is 0.625. The van der Waals surface area contributed by atoms with Gasteiger partial charge in [-0.2, -0.15) is 0 Å². The van der Waals surface area contributed by atoms with E-state index in [1.54, 1.807) is 7.11 Å². The number of methoxy groups -OCH3 is 1. The summed E-state index contributed by atoms with van der Waals surface area (Å²) in [6.07, 6.45) is 3.75. The Labute approximate surface area is 111 Å². The van der Waals surface area contributed by atoms with Gasteiger partial charge in [0.05, 0.1) is 7.11 Å². The molecule has 1 fully saturated rings. The molecular weight excluding hydrogens is 222 g/mol. The van der Waals surface area contributed by atoms with E-state index >= 15 is 0 Å². The third-order valence-corrected chi connectivity index (χ3v) is 3.72. The van der Waals surface area contributed by atoms with Gasteiger partial charge in [0, 0.05) is 6.04 Å². The van der Waals surface area contributed by atoms with E-state index in [-0.39, 0.29) is 5.41 Å². The molecule has 1 aromatic rings. The largest absolute Gasteiger partial charge is 0.496 e. The van der Waals surface area contributed by atoms with Gasteiger partial charge in [-0.3, -0.25) is 0 Å². The van der Waals surface area contributed by atoms with Crippen LogP contribution in [0, 0.1) is 0 Å². The van der Waals surface area contributed by atoms with E-state index in [9.17, 15) is 0 Å². The molecule has 1 saturated heterocycles. The van der Waals surface area contributed by atoms with Crippen LogP contribution in [0.15, 0.2) is 18.2 Å². The van der Waals surface area contributed by atoms with Gasteiger partial charge < -0.3 is 10.1 Å².